The Morgan fingerprint density at radius 2 is 2.19 bits per heavy atom. The highest BCUT2D eigenvalue weighted by atomic mass is 32.2. The Balaban J connectivity index is 1.68. The molecule has 2 rings (SSSR count). The third-order valence-electron chi connectivity index (χ3n) is 3.90. The summed E-state index contributed by atoms with van der Waals surface area (Å²) in [6, 6.07) is 0.316. The van der Waals surface area contributed by atoms with Crippen molar-refractivity contribution >= 4 is 29.5 Å². The second-order valence-electron chi connectivity index (χ2n) is 5.42. The number of rotatable bonds is 7. The van der Waals surface area contributed by atoms with Gasteiger partial charge in [-0.3, -0.25) is 19.3 Å². The lowest BCUT2D eigenvalue weighted by atomic mass is 9.85. The van der Waals surface area contributed by atoms with Crippen LogP contribution in [0.25, 0.3) is 0 Å². The molecule has 2 N–H and O–H groups in total. The Hall–Kier alpha value is -1.28. The molecule has 0 atom stereocenters. The van der Waals surface area contributed by atoms with Crippen LogP contribution in [-0.4, -0.2) is 76.0 Å². The first-order valence-electron chi connectivity index (χ1n) is 7.10. The summed E-state index contributed by atoms with van der Waals surface area (Å²) in [6.45, 7) is 2.80. The summed E-state index contributed by atoms with van der Waals surface area (Å²) in [5.41, 5.74) is 0. The van der Waals surface area contributed by atoms with Crippen LogP contribution in [0, 0.1) is 0 Å². The molecule has 1 saturated carbocycles. The number of nitrogens with one attached hydrogen (secondary N) is 1. The number of hydrogen-bond donors (Lipinski definition) is 2. The van der Waals surface area contributed by atoms with Gasteiger partial charge in [0.15, 0.2) is 0 Å². The maximum atomic E-state index is 11.8. The Labute approximate surface area is 128 Å². The summed E-state index contributed by atoms with van der Waals surface area (Å²) in [4.78, 5) is 37.5. The Kier molecular flexibility index (Phi) is 5.46. The maximum absolute atomic E-state index is 11.8. The molecule has 1 aliphatic carbocycles. The van der Waals surface area contributed by atoms with Crippen molar-refractivity contribution in [2.24, 2.45) is 0 Å². The van der Waals surface area contributed by atoms with Gasteiger partial charge in [-0.2, -0.15) is 0 Å². The molecule has 7 nitrogen and oxygen atoms in total. The van der Waals surface area contributed by atoms with Crippen LogP contribution >= 0.6 is 11.8 Å². The number of likely N-dealkylation sites (N-methyl/N-ethyl adjacent to an activating group) is 1. The van der Waals surface area contributed by atoms with Gasteiger partial charge in [-0.15, -0.1) is 11.8 Å². The fraction of sp³-hybridized carbons (Fsp3) is 0.769. The topological polar surface area (TPSA) is 90.0 Å². The summed E-state index contributed by atoms with van der Waals surface area (Å²) in [5.74, 6) is 0.103. The molecule has 2 aliphatic rings. The standard InChI is InChI=1S/C13H21N3O4S/c1-2-15(6-13(19)20)10-3-9(4-10)14-11(17)5-16-8-21-7-12(16)18/h9-10H,2-8H2,1H3,(H,14,17)(H,19,20). The number of carbonyl (C=O) groups is 3. The largest absolute Gasteiger partial charge is 0.480 e. The van der Waals surface area contributed by atoms with Crippen molar-refractivity contribution in [3.63, 3.8) is 0 Å². The normalized spacial score (nSPS) is 25.0. The molecule has 0 aromatic heterocycles. The first kappa shape index (κ1) is 16.1. The fourth-order valence-corrected chi connectivity index (χ4v) is 3.57. The van der Waals surface area contributed by atoms with Crippen molar-refractivity contribution in [2.75, 3.05) is 31.3 Å². The summed E-state index contributed by atoms with van der Waals surface area (Å²) in [7, 11) is 0. The molecule has 0 spiro atoms. The van der Waals surface area contributed by atoms with Crippen molar-refractivity contribution in [1.29, 1.82) is 0 Å². The molecule has 2 fully saturated rings. The van der Waals surface area contributed by atoms with E-state index in [-0.39, 0.29) is 37.0 Å². The second-order valence-corrected chi connectivity index (χ2v) is 6.37. The Morgan fingerprint density at radius 1 is 1.48 bits per heavy atom. The highest BCUT2D eigenvalue weighted by Gasteiger charge is 2.35. The highest BCUT2D eigenvalue weighted by molar-refractivity contribution is 8.00. The average molecular weight is 315 g/mol. The third kappa shape index (κ3) is 4.34. The first-order chi connectivity index (χ1) is 9.99. The molecule has 0 radical (unpaired) electrons. The maximum Gasteiger partial charge on any atom is 0.317 e. The van der Waals surface area contributed by atoms with Gasteiger partial charge in [0.2, 0.25) is 11.8 Å². The first-order valence-corrected chi connectivity index (χ1v) is 8.25. The lowest BCUT2D eigenvalue weighted by Crippen LogP contribution is -2.56. The molecule has 1 heterocycles. The summed E-state index contributed by atoms with van der Waals surface area (Å²) < 4.78 is 0. The van der Waals surface area contributed by atoms with Crippen LogP contribution in [0.2, 0.25) is 0 Å². The Morgan fingerprint density at radius 3 is 2.71 bits per heavy atom. The molecule has 8 heteroatoms. The van der Waals surface area contributed by atoms with E-state index >= 15 is 0 Å². The summed E-state index contributed by atoms with van der Waals surface area (Å²) >= 11 is 1.52. The van der Waals surface area contributed by atoms with Gasteiger partial charge in [-0.25, -0.2) is 0 Å². The second kappa shape index (κ2) is 7.13. The lowest BCUT2D eigenvalue weighted by molar-refractivity contribution is -0.139. The van der Waals surface area contributed by atoms with E-state index in [9.17, 15) is 14.4 Å². The van der Waals surface area contributed by atoms with E-state index in [4.69, 9.17) is 5.11 Å². The van der Waals surface area contributed by atoms with E-state index < -0.39 is 5.97 Å². The zero-order valence-electron chi connectivity index (χ0n) is 12.1. The van der Waals surface area contributed by atoms with Crippen LogP contribution in [0.3, 0.4) is 0 Å². The molecule has 0 bridgehead atoms. The molecule has 118 valence electrons. The van der Waals surface area contributed by atoms with Gasteiger partial charge in [-0.05, 0) is 19.4 Å². The third-order valence-corrected chi connectivity index (χ3v) is 4.84. The smallest absolute Gasteiger partial charge is 0.317 e. The van der Waals surface area contributed by atoms with Crippen molar-refractivity contribution in [3.8, 4) is 0 Å². The SMILES string of the molecule is CCN(CC(=O)O)C1CC(NC(=O)CN2CSCC2=O)C1. The number of hydrogen-bond acceptors (Lipinski definition) is 5. The number of carboxylic acids is 1. The molecule has 1 saturated heterocycles. The molecular formula is C13H21N3O4S. The zero-order chi connectivity index (χ0) is 15.4. The number of carboxylic acid groups (broad SMARTS) is 1. The molecule has 0 aromatic rings. The molecule has 2 amide bonds. The molecule has 21 heavy (non-hydrogen) atoms. The number of nitrogens with zero attached hydrogens (tertiary/aromatic N) is 2. The predicted molar refractivity (Wildman–Crippen MR) is 78.9 cm³/mol. The van der Waals surface area contributed by atoms with Gasteiger partial charge in [0, 0.05) is 12.1 Å². The summed E-state index contributed by atoms with van der Waals surface area (Å²) in [6.07, 6.45) is 1.55. The number of carbonyl (C=O) groups excluding carboxylic acids is 2. The van der Waals surface area contributed by atoms with E-state index in [2.05, 4.69) is 5.32 Å². The molecular weight excluding hydrogens is 294 g/mol. The minimum atomic E-state index is -0.825. The fourth-order valence-electron chi connectivity index (χ4n) is 2.66. The Bertz CT molecular complexity index is 426. The van der Waals surface area contributed by atoms with E-state index in [1.807, 2.05) is 11.8 Å². The molecule has 0 aromatic carbocycles. The van der Waals surface area contributed by atoms with Crippen LogP contribution in [0.4, 0.5) is 0 Å². The van der Waals surface area contributed by atoms with Gasteiger partial charge >= 0.3 is 5.97 Å². The lowest BCUT2D eigenvalue weighted by Gasteiger charge is -2.42. The van der Waals surface area contributed by atoms with Crippen LogP contribution in [0.15, 0.2) is 0 Å². The van der Waals surface area contributed by atoms with Crippen molar-refractivity contribution in [1.82, 2.24) is 15.1 Å². The highest BCUT2D eigenvalue weighted by Crippen LogP contribution is 2.25. The van der Waals surface area contributed by atoms with Gasteiger partial charge in [0.1, 0.15) is 6.54 Å². The number of amides is 2. The van der Waals surface area contributed by atoms with E-state index in [1.165, 1.54) is 11.8 Å². The monoisotopic (exact) mass is 315 g/mol. The predicted octanol–water partition coefficient (Wildman–Crippen LogP) is -0.427. The van der Waals surface area contributed by atoms with Crippen molar-refractivity contribution in [2.45, 2.75) is 31.8 Å². The summed E-state index contributed by atoms with van der Waals surface area (Å²) in [5, 5.41) is 11.7. The van der Waals surface area contributed by atoms with Crippen LogP contribution in [0.5, 0.6) is 0 Å². The number of thioether (sulfide) groups is 1. The molecule has 0 unspecified atom stereocenters. The van der Waals surface area contributed by atoms with Gasteiger partial charge < -0.3 is 15.3 Å². The van der Waals surface area contributed by atoms with Crippen LogP contribution < -0.4 is 5.32 Å². The van der Waals surface area contributed by atoms with Gasteiger partial charge in [0.25, 0.3) is 0 Å². The van der Waals surface area contributed by atoms with Crippen molar-refractivity contribution in [3.05, 3.63) is 0 Å². The van der Waals surface area contributed by atoms with Crippen LogP contribution in [0.1, 0.15) is 19.8 Å². The van der Waals surface area contributed by atoms with E-state index in [0.29, 0.717) is 18.2 Å². The number of aliphatic carboxylic acids is 1. The van der Waals surface area contributed by atoms with Crippen molar-refractivity contribution < 1.29 is 19.5 Å². The minimum Gasteiger partial charge on any atom is -0.480 e. The quantitative estimate of drug-likeness (QED) is 0.663. The van der Waals surface area contributed by atoms with Gasteiger partial charge in [0.05, 0.1) is 18.2 Å². The minimum absolute atomic E-state index is 0.0141. The van der Waals surface area contributed by atoms with E-state index in [0.717, 1.165) is 12.8 Å². The zero-order valence-corrected chi connectivity index (χ0v) is 12.9. The van der Waals surface area contributed by atoms with E-state index in [1.54, 1.807) is 4.90 Å². The average Bonchev–Trinajstić information content (AvgIpc) is 2.76. The van der Waals surface area contributed by atoms with Crippen LogP contribution in [-0.2, 0) is 14.4 Å². The molecule has 1 aliphatic heterocycles. The van der Waals surface area contributed by atoms with Gasteiger partial charge in [-0.1, -0.05) is 6.92 Å².